The number of para-hydroxylation sites is 1. The van der Waals surface area contributed by atoms with E-state index in [9.17, 15) is 14.4 Å². The molecule has 1 aromatic carbocycles. The minimum atomic E-state index is -0.498. The van der Waals surface area contributed by atoms with Crippen LogP contribution in [0.5, 0.6) is 5.88 Å². The second kappa shape index (κ2) is 7.86. The lowest BCUT2D eigenvalue weighted by Gasteiger charge is -2.13. The third-order valence-corrected chi connectivity index (χ3v) is 4.25. The third-order valence-electron chi connectivity index (χ3n) is 4.25. The monoisotopic (exact) mass is 368 g/mol. The predicted molar refractivity (Wildman–Crippen MR) is 101 cm³/mol. The molecule has 3 aromatic rings. The van der Waals surface area contributed by atoms with Crippen LogP contribution >= 0.6 is 0 Å². The number of rotatable bonds is 6. The van der Waals surface area contributed by atoms with Crippen LogP contribution in [0.3, 0.4) is 0 Å². The van der Waals surface area contributed by atoms with Gasteiger partial charge in [-0.25, -0.2) is 9.78 Å². The van der Waals surface area contributed by atoms with Crippen molar-refractivity contribution in [3.63, 3.8) is 0 Å². The van der Waals surface area contributed by atoms with Crippen LogP contribution in [0.4, 0.5) is 0 Å². The summed E-state index contributed by atoms with van der Waals surface area (Å²) in [5.41, 5.74) is 0.421. The van der Waals surface area contributed by atoms with Gasteiger partial charge in [0.1, 0.15) is 6.54 Å². The first-order chi connectivity index (χ1) is 13.0. The molecule has 2 heterocycles. The van der Waals surface area contributed by atoms with Crippen molar-refractivity contribution in [2.75, 3.05) is 7.11 Å². The van der Waals surface area contributed by atoms with E-state index in [0.717, 1.165) is 10.1 Å². The molecule has 1 N–H and O–H groups in total. The van der Waals surface area contributed by atoms with E-state index < -0.39 is 5.69 Å². The molecule has 0 radical (unpaired) electrons. The molecule has 8 nitrogen and oxygen atoms in total. The molecular weight excluding hydrogens is 348 g/mol. The fourth-order valence-electron chi connectivity index (χ4n) is 2.87. The van der Waals surface area contributed by atoms with Gasteiger partial charge < -0.3 is 10.1 Å². The van der Waals surface area contributed by atoms with Crippen molar-refractivity contribution in [1.82, 2.24) is 19.4 Å². The Morgan fingerprint density at radius 3 is 2.70 bits per heavy atom. The first kappa shape index (κ1) is 18.4. The van der Waals surface area contributed by atoms with E-state index in [1.807, 2.05) is 0 Å². The zero-order chi connectivity index (χ0) is 19.4. The highest BCUT2D eigenvalue weighted by molar-refractivity contribution is 5.81. The molecule has 0 aliphatic heterocycles. The van der Waals surface area contributed by atoms with E-state index in [1.54, 1.807) is 49.5 Å². The minimum absolute atomic E-state index is 0.179. The molecule has 140 valence electrons. The molecule has 0 saturated carbocycles. The Balaban J connectivity index is 1.86. The molecule has 8 heteroatoms. The van der Waals surface area contributed by atoms with Gasteiger partial charge in [0.15, 0.2) is 0 Å². The van der Waals surface area contributed by atoms with E-state index in [1.165, 1.54) is 11.7 Å². The number of nitrogens with zero attached hydrogens (tertiary/aromatic N) is 3. The summed E-state index contributed by atoms with van der Waals surface area (Å²) in [5.74, 6) is 0.123. The lowest BCUT2D eigenvalue weighted by atomic mass is 10.2. The molecule has 0 saturated heterocycles. The number of carbonyl (C=O) groups is 1. The van der Waals surface area contributed by atoms with Crippen LogP contribution in [-0.2, 0) is 24.4 Å². The van der Waals surface area contributed by atoms with Crippen molar-refractivity contribution in [3.05, 3.63) is 69.0 Å². The number of methoxy groups -OCH3 is 1. The Bertz CT molecular complexity index is 1100. The highest BCUT2D eigenvalue weighted by Crippen LogP contribution is 2.09. The second-order valence-corrected chi connectivity index (χ2v) is 5.92. The molecule has 0 atom stereocenters. The van der Waals surface area contributed by atoms with Crippen LogP contribution in [0, 0.1) is 0 Å². The molecule has 3 rings (SSSR count). The summed E-state index contributed by atoms with van der Waals surface area (Å²) in [6.45, 7) is 2.05. The molecule has 0 aliphatic carbocycles. The fourth-order valence-corrected chi connectivity index (χ4v) is 2.87. The molecule has 1 amide bonds. The SMILES string of the molecule is CCn1c(=O)c2ccccc2n(CC(=O)NCc2ccnc(OC)c2)c1=O. The maximum atomic E-state index is 12.6. The number of amides is 1. The molecule has 0 bridgehead atoms. The number of fused-ring (bicyclic) bond motifs is 1. The van der Waals surface area contributed by atoms with E-state index >= 15 is 0 Å². The van der Waals surface area contributed by atoms with Crippen LogP contribution < -0.4 is 21.3 Å². The van der Waals surface area contributed by atoms with Gasteiger partial charge in [-0.05, 0) is 30.7 Å². The van der Waals surface area contributed by atoms with Crippen molar-refractivity contribution in [2.24, 2.45) is 0 Å². The van der Waals surface area contributed by atoms with E-state index in [2.05, 4.69) is 10.3 Å². The van der Waals surface area contributed by atoms with Crippen molar-refractivity contribution < 1.29 is 9.53 Å². The Labute approximate surface area is 155 Å². The smallest absolute Gasteiger partial charge is 0.331 e. The quantitative estimate of drug-likeness (QED) is 0.698. The largest absolute Gasteiger partial charge is 0.481 e. The number of carbonyl (C=O) groups excluding carboxylic acids is 1. The fraction of sp³-hybridized carbons (Fsp3) is 0.263. The molecule has 2 aromatic heterocycles. The summed E-state index contributed by atoms with van der Waals surface area (Å²) in [6, 6.07) is 10.3. The maximum Gasteiger partial charge on any atom is 0.331 e. The van der Waals surface area contributed by atoms with Gasteiger partial charge in [0.2, 0.25) is 11.8 Å². The third kappa shape index (κ3) is 3.74. The number of aromatic nitrogens is 3. The first-order valence-electron chi connectivity index (χ1n) is 8.53. The zero-order valence-electron chi connectivity index (χ0n) is 15.1. The van der Waals surface area contributed by atoms with Crippen LogP contribution in [0.25, 0.3) is 10.9 Å². The number of ether oxygens (including phenoxy) is 1. The number of benzene rings is 1. The van der Waals surface area contributed by atoms with Crippen molar-refractivity contribution in [1.29, 1.82) is 0 Å². The molecular formula is C19H20N4O4. The molecule has 0 spiro atoms. The van der Waals surface area contributed by atoms with E-state index in [-0.39, 0.29) is 31.1 Å². The lowest BCUT2D eigenvalue weighted by Crippen LogP contribution is -2.42. The van der Waals surface area contributed by atoms with E-state index in [4.69, 9.17) is 4.74 Å². The standard InChI is InChI=1S/C19H20N4O4/c1-3-22-18(25)14-6-4-5-7-15(14)23(19(22)26)12-16(24)21-11-13-8-9-20-17(10-13)27-2/h4-10H,3,11-12H2,1-2H3,(H,21,24). The molecule has 27 heavy (non-hydrogen) atoms. The zero-order valence-corrected chi connectivity index (χ0v) is 15.1. The summed E-state index contributed by atoms with van der Waals surface area (Å²) < 4.78 is 7.51. The predicted octanol–water partition coefficient (Wildman–Crippen LogP) is 0.903. The van der Waals surface area contributed by atoms with Gasteiger partial charge in [0.25, 0.3) is 5.56 Å². The molecule has 0 aliphatic rings. The highest BCUT2D eigenvalue weighted by atomic mass is 16.5. The van der Waals surface area contributed by atoms with Gasteiger partial charge in [-0.1, -0.05) is 12.1 Å². The topological polar surface area (TPSA) is 95.2 Å². The Hall–Kier alpha value is -3.42. The Morgan fingerprint density at radius 1 is 1.19 bits per heavy atom. The maximum absolute atomic E-state index is 12.6. The van der Waals surface area contributed by atoms with Gasteiger partial charge in [-0.2, -0.15) is 0 Å². The minimum Gasteiger partial charge on any atom is -0.481 e. The van der Waals surface area contributed by atoms with Crippen LogP contribution in [0.2, 0.25) is 0 Å². The summed E-state index contributed by atoms with van der Waals surface area (Å²) in [6.07, 6.45) is 1.59. The first-order valence-corrected chi connectivity index (χ1v) is 8.53. The molecule has 0 fully saturated rings. The van der Waals surface area contributed by atoms with Gasteiger partial charge in [0.05, 0.1) is 18.0 Å². The van der Waals surface area contributed by atoms with Crippen LogP contribution in [0.1, 0.15) is 12.5 Å². The van der Waals surface area contributed by atoms with Gasteiger partial charge >= 0.3 is 5.69 Å². The summed E-state index contributed by atoms with van der Waals surface area (Å²) in [4.78, 5) is 41.5. The van der Waals surface area contributed by atoms with Gasteiger partial charge in [-0.3, -0.25) is 18.7 Å². The Kier molecular flexibility index (Phi) is 5.35. The average Bonchev–Trinajstić information content (AvgIpc) is 2.70. The average molecular weight is 368 g/mol. The van der Waals surface area contributed by atoms with Crippen LogP contribution in [0.15, 0.2) is 52.2 Å². The number of nitrogens with one attached hydrogen (secondary N) is 1. The normalized spacial score (nSPS) is 10.7. The summed E-state index contributed by atoms with van der Waals surface area (Å²) in [7, 11) is 1.52. The van der Waals surface area contributed by atoms with Crippen molar-refractivity contribution >= 4 is 16.8 Å². The van der Waals surface area contributed by atoms with Gasteiger partial charge in [0, 0.05) is 25.4 Å². The molecule has 0 unspecified atom stereocenters. The second-order valence-electron chi connectivity index (χ2n) is 5.92. The number of hydrogen-bond acceptors (Lipinski definition) is 5. The van der Waals surface area contributed by atoms with Crippen molar-refractivity contribution in [3.8, 4) is 5.88 Å². The Morgan fingerprint density at radius 2 is 1.96 bits per heavy atom. The van der Waals surface area contributed by atoms with Crippen LogP contribution in [-0.4, -0.2) is 27.1 Å². The summed E-state index contributed by atoms with van der Waals surface area (Å²) >= 11 is 0. The van der Waals surface area contributed by atoms with Crippen molar-refractivity contribution in [2.45, 2.75) is 26.6 Å². The number of pyridine rings is 1. The highest BCUT2D eigenvalue weighted by Gasteiger charge is 2.14. The lowest BCUT2D eigenvalue weighted by molar-refractivity contribution is -0.121. The summed E-state index contributed by atoms with van der Waals surface area (Å²) in [5, 5.41) is 3.18. The van der Waals surface area contributed by atoms with E-state index in [0.29, 0.717) is 16.8 Å². The van der Waals surface area contributed by atoms with Gasteiger partial charge in [-0.15, -0.1) is 0 Å². The number of hydrogen-bond donors (Lipinski definition) is 1.